The van der Waals surface area contributed by atoms with Crippen molar-refractivity contribution in [2.45, 2.75) is 25.3 Å². The molecule has 0 aliphatic carbocycles. The molecule has 0 bridgehead atoms. The van der Waals surface area contributed by atoms with Crippen molar-refractivity contribution in [1.82, 2.24) is 15.6 Å². The first-order chi connectivity index (χ1) is 10.3. The number of benzene rings is 1. The largest absolute Gasteiger partial charge is 0.349 e. The van der Waals surface area contributed by atoms with E-state index in [9.17, 15) is 4.79 Å². The van der Waals surface area contributed by atoms with Crippen LogP contribution < -0.4 is 10.6 Å². The Labute approximate surface area is 128 Å². The van der Waals surface area contributed by atoms with Crippen LogP contribution >= 0.6 is 11.3 Å². The fourth-order valence-electron chi connectivity index (χ4n) is 2.50. The van der Waals surface area contributed by atoms with E-state index in [2.05, 4.69) is 27.8 Å². The minimum Gasteiger partial charge on any atom is -0.349 e. The summed E-state index contributed by atoms with van der Waals surface area (Å²) in [6.07, 6.45) is 3.11. The maximum atomic E-state index is 12.1. The number of aromatic nitrogens is 1. The lowest BCUT2D eigenvalue weighted by molar-refractivity contribution is 0.0946. The summed E-state index contributed by atoms with van der Waals surface area (Å²) < 4.78 is 0. The SMILES string of the molecule is O=C(NCC1CCCN1)c1csc(Cc2ccccc2)n1. The number of thiazole rings is 1. The van der Waals surface area contributed by atoms with Crippen molar-refractivity contribution in [3.63, 3.8) is 0 Å². The van der Waals surface area contributed by atoms with E-state index in [1.54, 1.807) is 11.3 Å². The van der Waals surface area contributed by atoms with Gasteiger partial charge >= 0.3 is 0 Å². The van der Waals surface area contributed by atoms with Gasteiger partial charge in [-0.1, -0.05) is 30.3 Å². The summed E-state index contributed by atoms with van der Waals surface area (Å²) in [4.78, 5) is 16.5. The van der Waals surface area contributed by atoms with E-state index >= 15 is 0 Å². The molecule has 21 heavy (non-hydrogen) atoms. The number of rotatable bonds is 5. The molecular formula is C16H19N3OS. The summed E-state index contributed by atoms with van der Waals surface area (Å²) in [6.45, 7) is 1.74. The zero-order valence-electron chi connectivity index (χ0n) is 11.8. The van der Waals surface area contributed by atoms with Crippen molar-refractivity contribution in [2.24, 2.45) is 0 Å². The van der Waals surface area contributed by atoms with Gasteiger partial charge in [-0.2, -0.15) is 0 Å². The molecule has 0 radical (unpaired) electrons. The average Bonchev–Trinajstić information content (AvgIpc) is 3.17. The van der Waals surface area contributed by atoms with Crippen LogP contribution in [0.5, 0.6) is 0 Å². The van der Waals surface area contributed by atoms with Gasteiger partial charge in [-0.25, -0.2) is 4.98 Å². The maximum absolute atomic E-state index is 12.1. The molecule has 1 fully saturated rings. The first-order valence-corrected chi connectivity index (χ1v) is 8.19. The monoisotopic (exact) mass is 301 g/mol. The Kier molecular flexibility index (Phi) is 4.62. The standard InChI is InChI=1S/C16H19N3OS/c20-16(18-10-13-7-4-8-17-13)14-11-21-15(19-14)9-12-5-2-1-3-6-12/h1-3,5-6,11,13,17H,4,7-10H2,(H,18,20). The first-order valence-electron chi connectivity index (χ1n) is 7.31. The summed E-state index contributed by atoms with van der Waals surface area (Å²) in [5, 5.41) is 9.15. The lowest BCUT2D eigenvalue weighted by Gasteiger charge is -2.10. The molecule has 0 saturated carbocycles. The van der Waals surface area contributed by atoms with E-state index in [1.807, 2.05) is 23.6 Å². The van der Waals surface area contributed by atoms with Crippen LogP contribution in [0.4, 0.5) is 0 Å². The van der Waals surface area contributed by atoms with Gasteiger partial charge in [-0.3, -0.25) is 4.79 Å². The maximum Gasteiger partial charge on any atom is 0.270 e. The van der Waals surface area contributed by atoms with E-state index in [0.717, 1.165) is 24.4 Å². The highest BCUT2D eigenvalue weighted by Gasteiger charge is 2.16. The Morgan fingerprint density at radius 2 is 2.24 bits per heavy atom. The minimum atomic E-state index is -0.0701. The van der Waals surface area contributed by atoms with Crippen molar-refractivity contribution in [3.8, 4) is 0 Å². The van der Waals surface area contributed by atoms with Crippen molar-refractivity contribution >= 4 is 17.2 Å². The van der Waals surface area contributed by atoms with Crippen LogP contribution in [-0.4, -0.2) is 30.0 Å². The molecule has 1 aliphatic heterocycles. The average molecular weight is 301 g/mol. The number of carbonyl (C=O) groups excluding carboxylic acids is 1. The van der Waals surface area contributed by atoms with Crippen molar-refractivity contribution in [3.05, 3.63) is 52.0 Å². The molecular weight excluding hydrogens is 282 g/mol. The summed E-state index contributed by atoms with van der Waals surface area (Å²) in [5.74, 6) is -0.0701. The predicted octanol–water partition coefficient (Wildman–Crippen LogP) is 2.22. The highest BCUT2D eigenvalue weighted by atomic mass is 32.1. The minimum absolute atomic E-state index is 0.0701. The van der Waals surface area contributed by atoms with Gasteiger partial charge in [0.25, 0.3) is 5.91 Å². The molecule has 3 rings (SSSR count). The van der Waals surface area contributed by atoms with Crippen LogP contribution in [0.1, 0.15) is 33.9 Å². The second-order valence-electron chi connectivity index (χ2n) is 5.29. The third-order valence-corrected chi connectivity index (χ3v) is 4.50. The number of amides is 1. The van der Waals surface area contributed by atoms with E-state index in [1.165, 1.54) is 12.0 Å². The molecule has 1 aromatic carbocycles. The second-order valence-corrected chi connectivity index (χ2v) is 6.23. The molecule has 5 heteroatoms. The van der Waals surface area contributed by atoms with E-state index in [4.69, 9.17) is 0 Å². The third kappa shape index (κ3) is 3.89. The van der Waals surface area contributed by atoms with Crippen LogP contribution in [0.2, 0.25) is 0 Å². The van der Waals surface area contributed by atoms with Gasteiger partial charge in [0, 0.05) is 24.4 Å². The Morgan fingerprint density at radius 3 is 3.00 bits per heavy atom. The predicted molar refractivity (Wildman–Crippen MR) is 84.7 cm³/mol. The van der Waals surface area contributed by atoms with Crippen LogP contribution in [0.3, 0.4) is 0 Å². The van der Waals surface area contributed by atoms with E-state index in [0.29, 0.717) is 18.3 Å². The Hall–Kier alpha value is -1.72. The number of nitrogens with zero attached hydrogens (tertiary/aromatic N) is 1. The topological polar surface area (TPSA) is 54.0 Å². The van der Waals surface area contributed by atoms with Gasteiger partial charge in [0.05, 0.1) is 5.01 Å². The molecule has 1 amide bonds. The molecule has 2 N–H and O–H groups in total. The van der Waals surface area contributed by atoms with Crippen molar-refractivity contribution in [2.75, 3.05) is 13.1 Å². The molecule has 1 atom stereocenters. The number of carbonyl (C=O) groups is 1. The van der Waals surface area contributed by atoms with Gasteiger partial charge in [0.1, 0.15) is 5.69 Å². The number of nitrogens with one attached hydrogen (secondary N) is 2. The Morgan fingerprint density at radius 1 is 1.38 bits per heavy atom. The Balaban J connectivity index is 1.55. The van der Waals surface area contributed by atoms with Gasteiger partial charge in [0.2, 0.25) is 0 Å². The fourth-order valence-corrected chi connectivity index (χ4v) is 3.31. The van der Waals surface area contributed by atoms with Gasteiger partial charge in [-0.05, 0) is 24.9 Å². The van der Waals surface area contributed by atoms with Crippen molar-refractivity contribution in [1.29, 1.82) is 0 Å². The molecule has 2 heterocycles. The summed E-state index contributed by atoms with van der Waals surface area (Å²) >= 11 is 1.54. The van der Waals surface area contributed by atoms with Crippen LogP contribution in [0, 0.1) is 0 Å². The normalized spacial score (nSPS) is 17.8. The van der Waals surface area contributed by atoms with Crippen LogP contribution in [0.15, 0.2) is 35.7 Å². The first kappa shape index (κ1) is 14.2. The molecule has 1 saturated heterocycles. The molecule has 2 aromatic rings. The number of hydrogen-bond acceptors (Lipinski definition) is 4. The molecule has 1 aromatic heterocycles. The van der Waals surface area contributed by atoms with Crippen LogP contribution in [-0.2, 0) is 6.42 Å². The van der Waals surface area contributed by atoms with Gasteiger partial charge in [0.15, 0.2) is 0 Å². The van der Waals surface area contributed by atoms with Crippen molar-refractivity contribution < 1.29 is 4.79 Å². The molecule has 4 nitrogen and oxygen atoms in total. The summed E-state index contributed by atoms with van der Waals surface area (Å²) in [7, 11) is 0. The van der Waals surface area contributed by atoms with Crippen LogP contribution in [0.25, 0.3) is 0 Å². The van der Waals surface area contributed by atoms with Gasteiger partial charge < -0.3 is 10.6 Å². The lowest BCUT2D eigenvalue weighted by Crippen LogP contribution is -2.37. The molecule has 110 valence electrons. The van der Waals surface area contributed by atoms with E-state index < -0.39 is 0 Å². The third-order valence-electron chi connectivity index (χ3n) is 3.65. The van der Waals surface area contributed by atoms with E-state index in [-0.39, 0.29) is 5.91 Å². The zero-order valence-corrected chi connectivity index (χ0v) is 12.7. The zero-order chi connectivity index (χ0) is 14.5. The molecule has 1 aliphatic rings. The summed E-state index contributed by atoms with van der Waals surface area (Å²) in [6, 6.07) is 10.6. The van der Waals surface area contributed by atoms with Gasteiger partial charge in [-0.15, -0.1) is 11.3 Å². The second kappa shape index (κ2) is 6.83. The quantitative estimate of drug-likeness (QED) is 0.890. The number of hydrogen-bond donors (Lipinski definition) is 2. The molecule has 1 unspecified atom stereocenters. The summed E-state index contributed by atoms with van der Waals surface area (Å²) in [5.41, 5.74) is 1.75. The Bertz CT molecular complexity index is 591. The smallest absolute Gasteiger partial charge is 0.270 e. The molecule has 0 spiro atoms. The highest BCUT2D eigenvalue weighted by Crippen LogP contribution is 2.15. The lowest BCUT2D eigenvalue weighted by atomic mass is 10.2. The fraction of sp³-hybridized carbons (Fsp3) is 0.375. The highest BCUT2D eigenvalue weighted by molar-refractivity contribution is 7.09.